The van der Waals surface area contributed by atoms with Crippen LogP contribution in [0, 0.1) is 0 Å². The van der Waals surface area contributed by atoms with Crippen LogP contribution >= 0.6 is 0 Å². The van der Waals surface area contributed by atoms with E-state index in [9.17, 15) is 0 Å². The summed E-state index contributed by atoms with van der Waals surface area (Å²) in [6, 6.07) is 18.1. The van der Waals surface area contributed by atoms with Crippen LogP contribution in [0.2, 0.25) is 0 Å². The van der Waals surface area contributed by atoms with Gasteiger partial charge in [-0.15, -0.1) is 0 Å². The third-order valence-corrected chi connectivity index (χ3v) is 3.42. The lowest BCUT2D eigenvalue weighted by Gasteiger charge is -1.99. The first-order valence-corrected chi connectivity index (χ1v) is 7.12. The number of aromatic nitrogens is 3. The average molecular weight is 278 g/mol. The Balaban J connectivity index is 1.59. The van der Waals surface area contributed by atoms with Crippen molar-refractivity contribution in [3.63, 3.8) is 0 Å². The topological polar surface area (TPSA) is 67.6 Å². The number of nitrogens with two attached hydrogens (primary N) is 1. The summed E-state index contributed by atoms with van der Waals surface area (Å²) in [5.74, 6) is 1.66. The van der Waals surface area contributed by atoms with Crippen molar-refractivity contribution < 1.29 is 0 Å². The monoisotopic (exact) mass is 278 g/mol. The van der Waals surface area contributed by atoms with Crippen molar-refractivity contribution in [2.24, 2.45) is 0 Å². The first kappa shape index (κ1) is 13.4. The number of anilines is 1. The van der Waals surface area contributed by atoms with Gasteiger partial charge in [-0.05, 0) is 42.7 Å². The number of nitrogens with zero attached hydrogens (tertiary/aromatic N) is 2. The van der Waals surface area contributed by atoms with Crippen molar-refractivity contribution in [3.8, 4) is 11.4 Å². The molecule has 0 spiro atoms. The minimum absolute atomic E-state index is 0.727. The highest BCUT2D eigenvalue weighted by Crippen LogP contribution is 2.16. The number of hydrogen-bond acceptors (Lipinski definition) is 3. The Morgan fingerprint density at radius 2 is 1.67 bits per heavy atom. The van der Waals surface area contributed by atoms with Crippen LogP contribution in [0.25, 0.3) is 11.4 Å². The molecule has 2 aromatic carbocycles. The van der Waals surface area contributed by atoms with E-state index in [2.05, 4.69) is 39.4 Å². The van der Waals surface area contributed by atoms with Gasteiger partial charge in [0.15, 0.2) is 5.82 Å². The van der Waals surface area contributed by atoms with Gasteiger partial charge in [0, 0.05) is 17.7 Å². The number of benzene rings is 2. The predicted octanol–water partition coefficient (Wildman–Crippen LogP) is 3.23. The van der Waals surface area contributed by atoms with Crippen LogP contribution in [0.1, 0.15) is 17.8 Å². The minimum Gasteiger partial charge on any atom is -0.399 e. The second-order valence-corrected chi connectivity index (χ2v) is 5.07. The first-order valence-electron chi connectivity index (χ1n) is 7.12. The summed E-state index contributed by atoms with van der Waals surface area (Å²) in [5.41, 5.74) is 8.77. The number of nitrogens with one attached hydrogen (secondary N) is 1. The Morgan fingerprint density at radius 3 is 2.43 bits per heavy atom. The zero-order valence-electron chi connectivity index (χ0n) is 11.8. The molecule has 106 valence electrons. The normalized spacial score (nSPS) is 10.7. The highest BCUT2D eigenvalue weighted by Gasteiger charge is 2.05. The highest BCUT2D eigenvalue weighted by atomic mass is 15.2. The summed E-state index contributed by atoms with van der Waals surface area (Å²) in [4.78, 5) is 4.53. The van der Waals surface area contributed by atoms with E-state index >= 15 is 0 Å². The van der Waals surface area contributed by atoms with Crippen LogP contribution in [-0.4, -0.2) is 15.2 Å². The van der Waals surface area contributed by atoms with E-state index in [4.69, 9.17) is 5.73 Å². The molecule has 4 nitrogen and oxygen atoms in total. The zero-order valence-corrected chi connectivity index (χ0v) is 11.8. The van der Waals surface area contributed by atoms with Gasteiger partial charge >= 0.3 is 0 Å². The van der Waals surface area contributed by atoms with Gasteiger partial charge in [0.05, 0.1) is 0 Å². The molecule has 0 fully saturated rings. The first-order chi connectivity index (χ1) is 10.3. The maximum absolute atomic E-state index is 5.68. The van der Waals surface area contributed by atoms with E-state index in [0.717, 1.165) is 42.2 Å². The zero-order chi connectivity index (χ0) is 14.5. The SMILES string of the molecule is Nc1ccc(-c2n[nH]c(CCCc3ccccc3)n2)cc1. The molecule has 21 heavy (non-hydrogen) atoms. The van der Waals surface area contributed by atoms with Gasteiger partial charge in [-0.3, -0.25) is 5.10 Å². The van der Waals surface area contributed by atoms with Gasteiger partial charge < -0.3 is 5.73 Å². The van der Waals surface area contributed by atoms with Gasteiger partial charge in [-0.1, -0.05) is 30.3 Å². The maximum atomic E-state index is 5.68. The summed E-state index contributed by atoms with van der Waals surface area (Å²) < 4.78 is 0. The van der Waals surface area contributed by atoms with Crippen molar-refractivity contribution in [3.05, 3.63) is 66.0 Å². The smallest absolute Gasteiger partial charge is 0.181 e. The number of nitrogen functional groups attached to an aromatic ring is 1. The molecule has 3 N–H and O–H groups in total. The molecule has 3 rings (SSSR count). The number of H-pyrrole nitrogens is 1. The second kappa shape index (κ2) is 6.22. The molecular formula is C17H18N4. The lowest BCUT2D eigenvalue weighted by atomic mass is 10.1. The Kier molecular flexibility index (Phi) is 3.96. The number of aryl methyl sites for hydroxylation is 2. The van der Waals surface area contributed by atoms with Gasteiger partial charge in [0.1, 0.15) is 5.82 Å². The van der Waals surface area contributed by atoms with E-state index in [-0.39, 0.29) is 0 Å². The predicted molar refractivity (Wildman–Crippen MR) is 84.7 cm³/mol. The number of aromatic amines is 1. The maximum Gasteiger partial charge on any atom is 0.181 e. The fourth-order valence-electron chi connectivity index (χ4n) is 2.27. The fraction of sp³-hybridized carbons (Fsp3) is 0.176. The average Bonchev–Trinajstić information content (AvgIpc) is 2.98. The molecule has 0 aliphatic rings. The minimum atomic E-state index is 0.727. The second-order valence-electron chi connectivity index (χ2n) is 5.07. The van der Waals surface area contributed by atoms with Crippen molar-refractivity contribution in [1.82, 2.24) is 15.2 Å². The standard InChI is InChI=1S/C17H18N4/c18-15-11-9-14(10-12-15)17-19-16(20-21-17)8-4-7-13-5-2-1-3-6-13/h1-3,5-6,9-12H,4,7-8,18H2,(H,19,20,21). The number of hydrogen-bond donors (Lipinski definition) is 2. The van der Waals surface area contributed by atoms with Gasteiger partial charge in [-0.2, -0.15) is 5.10 Å². The van der Waals surface area contributed by atoms with Crippen LogP contribution in [0.15, 0.2) is 54.6 Å². The fourth-order valence-corrected chi connectivity index (χ4v) is 2.27. The molecule has 0 bridgehead atoms. The summed E-state index contributed by atoms with van der Waals surface area (Å²) in [6.45, 7) is 0. The van der Waals surface area contributed by atoms with E-state index in [0.29, 0.717) is 0 Å². The van der Waals surface area contributed by atoms with E-state index < -0.39 is 0 Å². The van der Waals surface area contributed by atoms with Crippen molar-refractivity contribution >= 4 is 5.69 Å². The summed E-state index contributed by atoms with van der Waals surface area (Å²) in [7, 11) is 0. The van der Waals surface area contributed by atoms with E-state index in [1.165, 1.54) is 5.56 Å². The Morgan fingerprint density at radius 1 is 0.905 bits per heavy atom. The molecule has 0 atom stereocenters. The summed E-state index contributed by atoms with van der Waals surface area (Å²) in [5, 5.41) is 7.28. The van der Waals surface area contributed by atoms with Crippen LogP contribution in [0.3, 0.4) is 0 Å². The Labute approximate surface area is 124 Å². The molecule has 0 radical (unpaired) electrons. The summed E-state index contributed by atoms with van der Waals surface area (Å²) in [6.07, 6.45) is 3.01. The molecular weight excluding hydrogens is 260 g/mol. The van der Waals surface area contributed by atoms with E-state index in [1.54, 1.807) is 0 Å². The van der Waals surface area contributed by atoms with Gasteiger partial charge in [0.25, 0.3) is 0 Å². The highest BCUT2D eigenvalue weighted by molar-refractivity contribution is 5.58. The molecule has 3 aromatic rings. The van der Waals surface area contributed by atoms with Crippen LogP contribution in [0.5, 0.6) is 0 Å². The number of rotatable bonds is 5. The third kappa shape index (κ3) is 3.48. The third-order valence-electron chi connectivity index (χ3n) is 3.42. The van der Waals surface area contributed by atoms with Crippen LogP contribution < -0.4 is 5.73 Å². The molecule has 0 unspecified atom stereocenters. The quantitative estimate of drug-likeness (QED) is 0.704. The van der Waals surface area contributed by atoms with Crippen molar-refractivity contribution in [2.75, 3.05) is 5.73 Å². The molecule has 0 aliphatic heterocycles. The van der Waals surface area contributed by atoms with Crippen molar-refractivity contribution in [2.45, 2.75) is 19.3 Å². The lowest BCUT2D eigenvalue weighted by Crippen LogP contribution is -1.92. The molecule has 4 heteroatoms. The van der Waals surface area contributed by atoms with Crippen LogP contribution in [-0.2, 0) is 12.8 Å². The van der Waals surface area contributed by atoms with E-state index in [1.807, 2.05) is 30.3 Å². The molecule has 0 saturated heterocycles. The molecule has 1 aromatic heterocycles. The molecule has 1 heterocycles. The van der Waals surface area contributed by atoms with Crippen molar-refractivity contribution in [1.29, 1.82) is 0 Å². The summed E-state index contributed by atoms with van der Waals surface area (Å²) >= 11 is 0. The molecule has 0 saturated carbocycles. The van der Waals surface area contributed by atoms with Crippen LogP contribution in [0.4, 0.5) is 5.69 Å². The molecule has 0 aliphatic carbocycles. The largest absolute Gasteiger partial charge is 0.399 e. The Hall–Kier alpha value is -2.62. The molecule has 0 amide bonds. The Bertz CT molecular complexity index is 686. The van der Waals surface area contributed by atoms with Gasteiger partial charge in [0.2, 0.25) is 0 Å². The lowest BCUT2D eigenvalue weighted by molar-refractivity contribution is 0.775. The van der Waals surface area contributed by atoms with Gasteiger partial charge in [-0.25, -0.2) is 4.98 Å².